The summed E-state index contributed by atoms with van der Waals surface area (Å²) in [6.07, 6.45) is 7.11. The summed E-state index contributed by atoms with van der Waals surface area (Å²) >= 11 is 0. The number of ether oxygens (including phenoxy) is 1. The molecule has 2 saturated heterocycles. The van der Waals surface area contributed by atoms with Crippen molar-refractivity contribution in [3.05, 3.63) is 71.8 Å². The van der Waals surface area contributed by atoms with Crippen molar-refractivity contribution in [3.8, 4) is 5.75 Å². The average Bonchev–Trinajstić information content (AvgIpc) is 2.97. The molecule has 0 bridgehead atoms. The van der Waals surface area contributed by atoms with Gasteiger partial charge in [0.2, 0.25) is 15.9 Å². The predicted molar refractivity (Wildman–Crippen MR) is 157 cm³/mol. The predicted octanol–water partition coefficient (Wildman–Crippen LogP) is 5.40. The van der Waals surface area contributed by atoms with Gasteiger partial charge in [-0.15, -0.1) is 0 Å². The second kappa shape index (κ2) is 11.9. The van der Waals surface area contributed by atoms with Crippen LogP contribution >= 0.6 is 0 Å². The average molecular weight is 562 g/mol. The van der Waals surface area contributed by atoms with Gasteiger partial charge in [-0.25, -0.2) is 8.42 Å². The van der Waals surface area contributed by atoms with Crippen molar-refractivity contribution >= 4 is 26.7 Å². The number of nitrogens with zero attached hydrogens (tertiary/aromatic N) is 2. The molecule has 3 heterocycles. The smallest absolute Gasteiger partial charge is 0.243 e. The van der Waals surface area contributed by atoms with E-state index in [1.165, 1.54) is 24.8 Å². The highest BCUT2D eigenvalue weighted by molar-refractivity contribution is 7.89. The Morgan fingerprint density at radius 2 is 1.68 bits per heavy atom. The lowest BCUT2D eigenvalue weighted by Gasteiger charge is -2.35. The molecule has 3 aliphatic rings. The largest absolute Gasteiger partial charge is 0.493 e. The molecule has 0 aromatic heterocycles. The SMILES string of the molecule is O=C(CC1CCCCN1S(=O)(=O)c1ccc2ccccc2c1)NC1CCOc2cc(CN3CCCCC3)ccc21. The lowest BCUT2D eigenvalue weighted by Crippen LogP contribution is -2.46. The fraction of sp³-hybridized carbons (Fsp3) is 0.469. The lowest BCUT2D eigenvalue weighted by molar-refractivity contribution is -0.123. The van der Waals surface area contributed by atoms with Crippen LogP contribution in [0.5, 0.6) is 5.75 Å². The summed E-state index contributed by atoms with van der Waals surface area (Å²) in [5, 5.41) is 5.11. The summed E-state index contributed by atoms with van der Waals surface area (Å²) in [5.74, 6) is 0.741. The fourth-order valence-corrected chi connectivity index (χ4v) is 8.21. The number of carbonyl (C=O) groups is 1. The van der Waals surface area contributed by atoms with Gasteiger partial charge in [-0.05, 0) is 73.3 Å². The number of fused-ring (bicyclic) bond motifs is 2. The van der Waals surface area contributed by atoms with Crippen molar-refractivity contribution in [1.82, 2.24) is 14.5 Å². The van der Waals surface area contributed by atoms with Crippen LogP contribution in [-0.4, -0.2) is 55.8 Å². The zero-order valence-electron chi connectivity index (χ0n) is 23.1. The van der Waals surface area contributed by atoms with Crippen molar-refractivity contribution in [1.29, 1.82) is 0 Å². The van der Waals surface area contributed by atoms with Crippen LogP contribution in [0.3, 0.4) is 0 Å². The van der Waals surface area contributed by atoms with E-state index >= 15 is 0 Å². The van der Waals surface area contributed by atoms with E-state index in [0.717, 1.165) is 54.6 Å². The van der Waals surface area contributed by atoms with Crippen LogP contribution in [0.15, 0.2) is 65.6 Å². The van der Waals surface area contributed by atoms with E-state index in [1.807, 2.05) is 30.3 Å². The Morgan fingerprint density at radius 3 is 2.52 bits per heavy atom. The van der Waals surface area contributed by atoms with Crippen molar-refractivity contribution in [2.45, 2.75) is 74.9 Å². The van der Waals surface area contributed by atoms with E-state index in [0.29, 0.717) is 26.0 Å². The number of piperidine rings is 2. The van der Waals surface area contributed by atoms with Crippen LogP contribution in [-0.2, 0) is 21.4 Å². The number of carbonyl (C=O) groups excluding carboxylic acids is 1. The molecule has 1 amide bonds. The fourth-order valence-electron chi connectivity index (χ4n) is 6.48. The van der Waals surface area contributed by atoms with Crippen molar-refractivity contribution in [2.24, 2.45) is 0 Å². The van der Waals surface area contributed by atoms with E-state index < -0.39 is 10.0 Å². The third-order valence-electron chi connectivity index (χ3n) is 8.63. The van der Waals surface area contributed by atoms with Gasteiger partial charge in [-0.2, -0.15) is 4.31 Å². The van der Waals surface area contributed by atoms with Crippen LogP contribution in [0.25, 0.3) is 10.8 Å². The number of rotatable bonds is 7. The lowest BCUT2D eigenvalue weighted by atomic mass is 9.97. The maximum absolute atomic E-state index is 13.7. The number of amides is 1. The molecule has 8 heteroatoms. The topological polar surface area (TPSA) is 79.0 Å². The van der Waals surface area contributed by atoms with Crippen LogP contribution in [0, 0.1) is 0 Å². The molecule has 3 aliphatic heterocycles. The maximum atomic E-state index is 13.7. The highest BCUT2D eigenvalue weighted by Crippen LogP contribution is 2.34. The normalized spacial score (nSPS) is 22.4. The molecular weight excluding hydrogens is 522 g/mol. The molecule has 2 unspecified atom stereocenters. The number of likely N-dealkylation sites (tertiary alicyclic amines) is 1. The van der Waals surface area contributed by atoms with Gasteiger partial charge in [0.1, 0.15) is 5.75 Å². The molecule has 212 valence electrons. The zero-order valence-corrected chi connectivity index (χ0v) is 23.9. The Hall–Kier alpha value is -2.94. The molecule has 3 aromatic carbocycles. The Kier molecular flexibility index (Phi) is 8.10. The Labute approximate surface area is 237 Å². The number of sulfonamides is 1. The molecular formula is C32H39N3O4S. The van der Waals surface area contributed by atoms with Gasteiger partial charge in [0, 0.05) is 37.5 Å². The molecule has 1 N–H and O–H groups in total. The monoisotopic (exact) mass is 561 g/mol. The van der Waals surface area contributed by atoms with Gasteiger partial charge < -0.3 is 10.1 Å². The van der Waals surface area contributed by atoms with Gasteiger partial charge in [0.25, 0.3) is 0 Å². The Bertz CT molecular complexity index is 1470. The molecule has 7 nitrogen and oxygen atoms in total. The van der Waals surface area contributed by atoms with Crippen LogP contribution in [0.2, 0.25) is 0 Å². The quantitative estimate of drug-likeness (QED) is 0.418. The standard InChI is InChI=1S/C32H39N3O4S/c36-32(33-30-15-19-39-31-20-24(11-14-29(30)31)23-34-16-5-1-6-17-34)22-27-10-4-7-18-35(27)40(37,38)28-13-12-25-8-2-3-9-26(25)21-28/h2-3,8-9,11-14,20-21,27,30H,1,4-7,10,15-19,22-23H2,(H,33,36). The minimum absolute atomic E-state index is 0.110. The van der Waals surface area contributed by atoms with E-state index in [1.54, 1.807) is 16.4 Å². The molecule has 6 rings (SSSR count). The summed E-state index contributed by atoms with van der Waals surface area (Å²) in [6.45, 7) is 4.21. The molecule has 0 radical (unpaired) electrons. The molecule has 0 aliphatic carbocycles. The van der Waals surface area contributed by atoms with E-state index in [9.17, 15) is 13.2 Å². The van der Waals surface area contributed by atoms with Gasteiger partial charge in [-0.3, -0.25) is 9.69 Å². The summed E-state index contributed by atoms with van der Waals surface area (Å²) in [6, 6.07) is 18.9. The second-order valence-corrected chi connectivity index (χ2v) is 13.3. The van der Waals surface area contributed by atoms with E-state index in [-0.39, 0.29) is 29.3 Å². The first-order valence-electron chi connectivity index (χ1n) is 14.8. The van der Waals surface area contributed by atoms with Crippen LogP contribution < -0.4 is 10.1 Å². The number of hydrogen-bond acceptors (Lipinski definition) is 5. The van der Waals surface area contributed by atoms with E-state index in [4.69, 9.17) is 4.74 Å². The zero-order chi connectivity index (χ0) is 27.5. The van der Waals surface area contributed by atoms with Gasteiger partial charge in [0.05, 0.1) is 17.5 Å². The molecule has 40 heavy (non-hydrogen) atoms. The van der Waals surface area contributed by atoms with Gasteiger partial charge >= 0.3 is 0 Å². The number of benzene rings is 3. The van der Waals surface area contributed by atoms with Crippen LogP contribution in [0.1, 0.15) is 68.5 Å². The Balaban J connectivity index is 1.13. The summed E-state index contributed by atoms with van der Waals surface area (Å²) < 4.78 is 35.0. The van der Waals surface area contributed by atoms with E-state index in [2.05, 4.69) is 28.4 Å². The molecule has 0 saturated carbocycles. The maximum Gasteiger partial charge on any atom is 0.243 e. The molecule has 2 fully saturated rings. The van der Waals surface area contributed by atoms with Crippen LogP contribution in [0.4, 0.5) is 0 Å². The summed E-state index contributed by atoms with van der Waals surface area (Å²) in [4.78, 5) is 16.1. The first kappa shape index (κ1) is 27.2. The second-order valence-electron chi connectivity index (χ2n) is 11.4. The van der Waals surface area contributed by atoms with Crippen molar-refractivity contribution in [3.63, 3.8) is 0 Å². The number of nitrogens with one attached hydrogen (secondary N) is 1. The summed E-state index contributed by atoms with van der Waals surface area (Å²) in [5.41, 5.74) is 2.25. The molecule has 0 spiro atoms. The van der Waals surface area contributed by atoms with Gasteiger partial charge in [-0.1, -0.05) is 55.3 Å². The third kappa shape index (κ3) is 5.90. The minimum Gasteiger partial charge on any atom is -0.493 e. The highest BCUT2D eigenvalue weighted by Gasteiger charge is 2.35. The highest BCUT2D eigenvalue weighted by atomic mass is 32.2. The van der Waals surface area contributed by atoms with Crippen molar-refractivity contribution in [2.75, 3.05) is 26.2 Å². The molecule has 3 aromatic rings. The number of hydrogen-bond donors (Lipinski definition) is 1. The van der Waals surface area contributed by atoms with Crippen molar-refractivity contribution < 1.29 is 17.9 Å². The first-order chi connectivity index (χ1) is 19.5. The third-order valence-corrected chi connectivity index (χ3v) is 10.6. The molecule has 2 atom stereocenters. The summed E-state index contributed by atoms with van der Waals surface area (Å²) in [7, 11) is -3.72. The van der Waals surface area contributed by atoms with Gasteiger partial charge in [0.15, 0.2) is 0 Å². The minimum atomic E-state index is -3.72. The first-order valence-corrected chi connectivity index (χ1v) is 16.2. The Morgan fingerprint density at radius 1 is 0.875 bits per heavy atom.